The molecule has 1 aliphatic rings. The number of aryl methyl sites for hydroxylation is 1. The van der Waals surface area contributed by atoms with E-state index in [1.54, 1.807) is 6.92 Å². The summed E-state index contributed by atoms with van der Waals surface area (Å²) in [6.07, 6.45) is 0.970. The molecule has 2 aromatic carbocycles. The maximum Gasteiger partial charge on any atom is 0.262 e. The Bertz CT molecular complexity index is 812. The average molecular weight is 381 g/mol. The van der Waals surface area contributed by atoms with E-state index in [1.807, 2.05) is 53.4 Å². The van der Waals surface area contributed by atoms with Gasteiger partial charge in [-0.25, -0.2) is 0 Å². The predicted octanol–water partition coefficient (Wildman–Crippen LogP) is 2.94. The number of para-hydroxylation sites is 2. The Labute approximate surface area is 166 Å². The van der Waals surface area contributed by atoms with Crippen molar-refractivity contribution >= 4 is 23.2 Å². The van der Waals surface area contributed by atoms with Crippen LogP contribution in [0.2, 0.25) is 0 Å². The molecule has 6 heteroatoms. The number of rotatable bonds is 6. The number of piperazine rings is 1. The van der Waals surface area contributed by atoms with E-state index in [0.717, 1.165) is 30.9 Å². The zero-order valence-corrected chi connectivity index (χ0v) is 16.5. The van der Waals surface area contributed by atoms with Gasteiger partial charge in [-0.3, -0.25) is 9.59 Å². The van der Waals surface area contributed by atoms with Crippen LogP contribution >= 0.6 is 0 Å². The lowest BCUT2D eigenvalue weighted by Crippen LogP contribution is -2.48. The molecule has 2 amide bonds. The molecular formula is C22H27N3O3. The van der Waals surface area contributed by atoms with Crippen molar-refractivity contribution in [1.82, 2.24) is 4.90 Å². The van der Waals surface area contributed by atoms with E-state index < -0.39 is 0 Å². The number of nitrogens with zero attached hydrogens (tertiary/aromatic N) is 2. The summed E-state index contributed by atoms with van der Waals surface area (Å²) in [7, 11) is 0. The van der Waals surface area contributed by atoms with E-state index in [1.165, 1.54) is 5.56 Å². The van der Waals surface area contributed by atoms with Crippen LogP contribution in [0, 0.1) is 0 Å². The van der Waals surface area contributed by atoms with Gasteiger partial charge in [-0.05, 0) is 36.2 Å². The van der Waals surface area contributed by atoms with Crippen LogP contribution < -0.4 is 15.0 Å². The standard InChI is InChI=1S/C22H27N3O3/c1-3-18-8-10-19(11-9-18)28-16-22(27)23-20-6-4-5-7-21(20)25-14-12-24(13-15-25)17(2)26/h4-11H,3,12-16H2,1-2H3,(H,23,27). The highest BCUT2D eigenvalue weighted by atomic mass is 16.5. The molecule has 2 aromatic rings. The van der Waals surface area contributed by atoms with Crippen LogP contribution in [0.4, 0.5) is 11.4 Å². The van der Waals surface area contributed by atoms with E-state index in [0.29, 0.717) is 18.8 Å². The molecule has 0 saturated carbocycles. The summed E-state index contributed by atoms with van der Waals surface area (Å²) in [6, 6.07) is 15.5. The fourth-order valence-corrected chi connectivity index (χ4v) is 3.27. The molecule has 6 nitrogen and oxygen atoms in total. The lowest BCUT2D eigenvalue weighted by atomic mass is 10.2. The molecule has 148 valence electrons. The maximum atomic E-state index is 12.4. The molecule has 0 atom stereocenters. The molecule has 1 aliphatic heterocycles. The zero-order valence-electron chi connectivity index (χ0n) is 16.5. The Kier molecular flexibility index (Phi) is 6.53. The second-order valence-electron chi connectivity index (χ2n) is 6.84. The number of hydrogen-bond donors (Lipinski definition) is 1. The van der Waals surface area contributed by atoms with Gasteiger partial charge in [0, 0.05) is 33.1 Å². The lowest BCUT2D eigenvalue weighted by molar-refractivity contribution is -0.129. The Balaban J connectivity index is 1.58. The van der Waals surface area contributed by atoms with Gasteiger partial charge in [0.25, 0.3) is 5.91 Å². The Morgan fingerprint density at radius 2 is 1.68 bits per heavy atom. The average Bonchev–Trinajstić information content (AvgIpc) is 2.73. The monoisotopic (exact) mass is 381 g/mol. The van der Waals surface area contributed by atoms with Crippen molar-refractivity contribution in [2.24, 2.45) is 0 Å². The van der Waals surface area contributed by atoms with Gasteiger partial charge in [0.15, 0.2) is 6.61 Å². The number of amides is 2. The van der Waals surface area contributed by atoms with Crippen LogP contribution in [0.5, 0.6) is 5.75 Å². The predicted molar refractivity (Wildman–Crippen MR) is 111 cm³/mol. The van der Waals surface area contributed by atoms with Gasteiger partial charge < -0.3 is 19.9 Å². The molecule has 1 N–H and O–H groups in total. The van der Waals surface area contributed by atoms with E-state index >= 15 is 0 Å². The van der Waals surface area contributed by atoms with E-state index in [4.69, 9.17) is 4.74 Å². The van der Waals surface area contributed by atoms with Crippen molar-refractivity contribution in [2.75, 3.05) is 43.0 Å². The van der Waals surface area contributed by atoms with Gasteiger partial charge in [0.1, 0.15) is 5.75 Å². The third kappa shape index (κ3) is 5.03. The normalized spacial score (nSPS) is 13.9. The van der Waals surface area contributed by atoms with E-state index in [2.05, 4.69) is 17.1 Å². The van der Waals surface area contributed by atoms with Crippen molar-refractivity contribution in [2.45, 2.75) is 20.3 Å². The lowest BCUT2D eigenvalue weighted by Gasteiger charge is -2.36. The van der Waals surface area contributed by atoms with Crippen molar-refractivity contribution in [3.8, 4) is 5.75 Å². The van der Waals surface area contributed by atoms with Gasteiger partial charge in [-0.1, -0.05) is 31.2 Å². The van der Waals surface area contributed by atoms with Crippen molar-refractivity contribution in [3.63, 3.8) is 0 Å². The number of hydrogen-bond acceptors (Lipinski definition) is 4. The summed E-state index contributed by atoms with van der Waals surface area (Å²) >= 11 is 0. The van der Waals surface area contributed by atoms with Crippen LogP contribution in [0.1, 0.15) is 19.4 Å². The first-order chi connectivity index (χ1) is 13.6. The number of carbonyl (C=O) groups is 2. The Morgan fingerprint density at radius 1 is 1.00 bits per heavy atom. The van der Waals surface area contributed by atoms with Crippen LogP contribution in [0.25, 0.3) is 0 Å². The number of carbonyl (C=O) groups excluding carboxylic acids is 2. The zero-order chi connectivity index (χ0) is 19.9. The SMILES string of the molecule is CCc1ccc(OCC(=O)Nc2ccccc2N2CCN(C(C)=O)CC2)cc1. The summed E-state index contributed by atoms with van der Waals surface area (Å²) < 4.78 is 5.60. The minimum atomic E-state index is -0.200. The minimum absolute atomic E-state index is 0.0437. The van der Waals surface area contributed by atoms with E-state index in [9.17, 15) is 9.59 Å². The Morgan fingerprint density at radius 3 is 2.32 bits per heavy atom. The highest BCUT2D eigenvalue weighted by molar-refractivity contribution is 5.95. The highest BCUT2D eigenvalue weighted by Gasteiger charge is 2.21. The quantitative estimate of drug-likeness (QED) is 0.836. The van der Waals surface area contributed by atoms with Gasteiger partial charge in [0.2, 0.25) is 5.91 Å². The Hall–Kier alpha value is -3.02. The molecule has 0 aromatic heterocycles. The number of nitrogens with one attached hydrogen (secondary N) is 1. The molecule has 0 unspecified atom stereocenters. The van der Waals surface area contributed by atoms with Crippen LogP contribution in [-0.2, 0) is 16.0 Å². The van der Waals surface area contributed by atoms with Crippen LogP contribution in [0.3, 0.4) is 0 Å². The third-order valence-electron chi connectivity index (χ3n) is 4.95. The molecule has 28 heavy (non-hydrogen) atoms. The number of anilines is 2. The first kappa shape index (κ1) is 19.7. The molecule has 0 aliphatic carbocycles. The van der Waals surface area contributed by atoms with Gasteiger partial charge in [-0.15, -0.1) is 0 Å². The van der Waals surface area contributed by atoms with Gasteiger partial charge in [0.05, 0.1) is 11.4 Å². The first-order valence-electron chi connectivity index (χ1n) is 9.68. The molecule has 3 rings (SSSR count). The molecule has 1 heterocycles. The van der Waals surface area contributed by atoms with Crippen molar-refractivity contribution < 1.29 is 14.3 Å². The fraction of sp³-hybridized carbons (Fsp3) is 0.364. The summed E-state index contributed by atoms with van der Waals surface area (Å²) in [6.45, 7) is 6.51. The smallest absolute Gasteiger partial charge is 0.262 e. The number of benzene rings is 2. The molecule has 0 radical (unpaired) electrons. The number of ether oxygens (including phenoxy) is 1. The van der Waals surface area contributed by atoms with Gasteiger partial charge in [-0.2, -0.15) is 0 Å². The van der Waals surface area contributed by atoms with Gasteiger partial charge >= 0.3 is 0 Å². The minimum Gasteiger partial charge on any atom is -0.484 e. The molecule has 0 bridgehead atoms. The fourth-order valence-electron chi connectivity index (χ4n) is 3.27. The topological polar surface area (TPSA) is 61.9 Å². The molecule has 0 spiro atoms. The highest BCUT2D eigenvalue weighted by Crippen LogP contribution is 2.26. The summed E-state index contributed by atoms with van der Waals surface area (Å²) in [4.78, 5) is 27.9. The van der Waals surface area contributed by atoms with Crippen LogP contribution in [-0.4, -0.2) is 49.5 Å². The first-order valence-corrected chi connectivity index (χ1v) is 9.68. The largest absolute Gasteiger partial charge is 0.484 e. The molecular weight excluding hydrogens is 354 g/mol. The molecule has 1 fully saturated rings. The molecule has 1 saturated heterocycles. The second kappa shape index (κ2) is 9.26. The third-order valence-corrected chi connectivity index (χ3v) is 4.95. The van der Waals surface area contributed by atoms with Crippen LogP contribution in [0.15, 0.2) is 48.5 Å². The summed E-state index contributed by atoms with van der Waals surface area (Å²) in [5.41, 5.74) is 2.95. The van der Waals surface area contributed by atoms with Crippen molar-refractivity contribution in [3.05, 3.63) is 54.1 Å². The maximum absolute atomic E-state index is 12.4. The summed E-state index contributed by atoms with van der Waals surface area (Å²) in [5, 5.41) is 2.95. The second-order valence-corrected chi connectivity index (χ2v) is 6.84. The summed E-state index contributed by atoms with van der Waals surface area (Å²) in [5.74, 6) is 0.584. The van der Waals surface area contributed by atoms with E-state index in [-0.39, 0.29) is 18.4 Å². The van der Waals surface area contributed by atoms with Crippen molar-refractivity contribution in [1.29, 1.82) is 0 Å².